The molecule has 1 aromatic carbocycles. The molecule has 1 amide bonds. The predicted molar refractivity (Wildman–Crippen MR) is 90.8 cm³/mol. The van der Waals surface area contributed by atoms with Crippen molar-refractivity contribution in [1.82, 2.24) is 19.7 Å². The van der Waals surface area contributed by atoms with Crippen LogP contribution in [0, 0.1) is 5.92 Å². The number of nitrogens with one attached hydrogen (secondary N) is 1. The van der Waals surface area contributed by atoms with Gasteiger partial charge in [-0.15, -0.1) is 0 Å². The number of aromatic nitrogens is 3. The second-order valence-electron chi connectivity index (χ2n) is 6.14. The Labute approximate surface area is 141 Å². The average Bonchev–Trinajstić information content (AvgIpc) is 3.09. The number of methoxy groups -OCH3 is 1. The molecule has 2 heterocycles. The molecule has 0 aliphatic carbocycles. The Kier molecular flexibility index (Phi) is 5.43. The van der Waals surface area contributed by atoms with Crippen LogP contribution >= 0.6 is 0 Å². The highest BCUT2D eigenvalue weighted by molar-refractivity contribution is 5.92. The Morgan fingerprint density at radius 3 is 2.92 bits per heavy atom. The van der Waals surface area contributed by atoms with Gasteiger partial charge in [0.25, 0.3) is 0 Å². The number of piperidine rings is 1. The normalized spacial score (nSPS) is 18.3. The summed E-state index contributed by atoms with van der Waals surface area (Å²) < 4.78 is 6.98. The van der Waals surface area contributed by atoms with Crippen LogP contribution < -0.4 is 10.1 Å². The molecule has 0 spiro atoms. The van der Waals surface area contributed by atoms with Crippen molar-refractivity contribution in [3.8, 4) is 5.75 Å². The van der Waals surface area contributed by atoms with E-state index in [-0.39, 0.29) is 5.91 Å². The third kappa shape index (κ3) is 4.55. The smallest absolute Gasteiger partial charge is 0.238 e. The molecule has 1 aromatic heterocycles. The molecule has 24 heavy (non-hydrogen) atoms. The summed E-state index contributed by atoms with van der Waals surface area (Å²) in [5.41, 5.74) is 0.789. The van der Waals surface area contributed by atoms with Crippen molar-refractivity contribution in [1.29, 1.82) is 0 Å². The Morgan fingerprint density at radius 1 is 1.38 bits per heavy atom. The number of rotatable bonds is 6. The number of hydrogen-bond acceptors (Lipinski definition) is 5. The highest BCUT2D eigenvalue weighted by atomic mass is 16.5. The van der Waals surface area contributed by atoms with E-state index in [4.69, 9.17) is 4.74 Å². The van der Waals surface area contributed by atoms with Gasteiger partial charge in [-0.3, -0.25) is 14.4 Å². The summed E-state index contributed by atoms with van der Waals surface area (Å²) in [7, 11) is 1.62. The molecule has 0 bridgehead atoms. The first-order valence-corrected chi connectivity index (χ1v) is 8.21. The van der Waals surface area contributed by atoms with Gasteiger partial charge in [-0.05, 0) is 49.6 Å². The Morgan fingerprint density at radius 2 is 2.21 bits per heavy atom. The van der Waals surface area contributed by atoms with Crippen LogP contribution in [0.5, 0.6) is 5.75 Å². The lowest BCUT2D eigenvalue weighted by atomic mass is 9.98. The van der Waals surface area contributed by atoms with Gasteiger partial charge < -0.3 is 10.1 Å². The number of anilines is 1. The Hall–Kier alpha value is -2.41. The predicted octanol–water partition coefficient (Wildman–Crippen LogP) is 1.64. The van der Waals surface area contributed by atoms with Crippen molar-refractivity contribution >= 4 is 11.6 Å². The van der Waals surface area contributed by atoms with Gasteiger partial charge in [0.15, 0.2) is 0 Å². The lowest BCUT2D eigenvalue weighted by molar-refractivity contribution is -0.117. The molecule has 7 heteroatoms. The molecule has 7 nitrogen and oxygen atoms in total. The second kappa shape index (κ2) is 7.92. The van der Waals surface area contributed by atoms with E-state index >= 15 is 0 Å². The van der Waals surface area contributed by atoms with Gasteiger partial charge in [0.1, 0.15) is 18.4 Å². The summed E-state index contributed by atoms with van der Waals surface area (Å²) in [6.45, 7) is 3.15. The molecule has 1 aliphatic rings. The maximum atomic E-state index is 12.2. The second-order valence-corrected chi connectivity index (χ2v) is 6.14. The number of amides is 1. The quantitative estimate of drug-likeness (QED) is 0.872. The van der Waals surface area contributed by atoms with Crippen molar-refractivity contribution in [3.63, 3.8) is 0 Å². The third-order valence-electron chi connectivity index (χ3n) is 4.26. The van der Waals surface area contributed by atoms with E-state index in [0.29, 0.717) is 12.5 Å². The number of carbonyl (C=O) groups is 1. The van der Waals surface area contributed by atoms with Gasteiger partial charge in [-0.25, -0.2) is 4.98 Å². The van der Waals surface area contributed by atoms with Crippen LogP contribution in [0.3, 0.4) is 0 Å². The molecule has 2 aromatic rings. The third-order valence-corrected chi connectivity index (χ3v) is 4.26. The summed E-state index contributed by atoms with van der Waals surface area (Å²) in [5.74, 6) is 1.30. The minimum Gasteiger partial charge on any atom is -0.497 e. The van der Waals surface area contributed by atoms with Crippen LogP contribution in [0.4, 0.5) is 5.69 Å². The topological polar surface area (TPSA) is 72.3 Å². The molecule has 1 saturated heterocycles. The van der Waals surface area contributed by atoms with Crippen molar-refractivity contribution in [2.24, 2.45) is 5.92 Å². The Balaban J connectivity index is 1.48. The molecule has 1 unspecified atom stereocenters. The fourth-order valence-electron chi connectivity index (χ4n) is 3.11. The minimum atomic E-state index is 0.0153. The van der Waals surface area contributed by atoms with Crippen molar-refractivity contribution < 1.29 is 9.53 Å². The van der Waals surface area contributed by atoms with Crippen LogP contribution in [0.25, 0.3) is 0 Å². The van der Waals surface area contributed by atoms with Gasteiger partial charge in [-0.1, -0.05) is 0 Å². The van der Waals surface area contributed by atoms with E-state index in [0.717, 1.165) is 43.9 Å². The summed E-state index contributed by atoms with van der Waals surface area (Å²) in [4.78, 5) is 18.4. The minimum absolute atomic E-state index is 0.0153. The van der Waals surface area contributed by atoms with Gasteiger partial charge in [0.2, 0.25) is 5.91 Å². The number of benzene rings is 1. The van der Waals surface area contributed by atoms with E-state index in [1.54, 1.807) is 19.8 Å². The standard InChI is InChI=1S/C17H23N5O2/c1-24-16-6-4-15(5-7-16)20-17(23)11-21-8-2-3-14(9-21)10-22-13-18-12-19-22/h4-7,12-14H,2-3,8-11H2,1H3,(H,20,23). The largest absolute Gasteiger partial charge is 0.497 e. The van der Waals surface area contributed by atoms with Crippen LogP contribution in [-0.2, 0) is 11.3 Å². The van der Waals surface area contributed by atoms with Gasteiger partial charge in [0.05, 0.1) is 13.7 Å². The fraction of sp³-hybridized carbons (Fsp3) is 0.471. The molecule has 3 rings (SSSR count). The molecule has 0 radical (unpaired) electrons. The first-order valence-electron chi connectivity index (χ1n) is 8.21. The van der Waals surface area contributed by atoms with Crippen molar-refractivity contribution in [2.75, 3.05) is 32.1 Å². The van der Waals surface area contributed by atoms with E-state index in [9.17, 15) is 4.79 Å². The first-order chi connectivity index (χ1) is 11.7. The summed E-state index contributed by atoms with van der Waals surface area (Å²) in [5, 5.41) is 7.10. The highest BCUT2D eigenvalue weighted by Gasteiger charge is 2.22. The molecular formula is C17H23N5O2. The fourth-order valence-corrected chi connectivity index (χ4v) is 3.11. The van der Waals surface area contributed by atoms with Crippen LogP contribution in [0.15, 0.2) is 36.9 Å². The van der Waals surface area contributed by atoms with Crippen molar-refractivity contribution in [3.05, 3.63) is 36.9 Å². The zero-order chi connectivity index (χ0) is 16.8. The van der Waals surface area contributed by atoms with E-state index in [2.05, 4.69) is 20.3 Å². The number of carbonyl (C=O) groups excluding carboxylic acids is 1. The number of nitrogens with zero attached hydrogens (tertiary/aromatic N) is 4. The average molecular weight is 329 g/mol. The lowest BCUT2D eigenvalue weighted by Crippen LogP contribution is -2.41. The maximum absolute atomic E-state index is 12.2. The molecule has 0 saturated carbocycles. The summed E-state index contributed by atoms with van der Waals surface area (Å²) in [6, 6.07) is 7.37. The van der Waals surface area contributed by atoms with Crippen LogP contribution in [-0.4, -0.2) is 52.3 Å². The van der Waals surface area contributed by atoms with E-state index < -0.39 is 0 Å². The molecule has 1 N–H and O–H groups in total. The molecule has 1 atom stereocenters. The SMILES string of the molecule is COc1ccc(NC(=O)CN2CCCC(Cn3cncn3)C2)cc1. The number of likely N-dealkylation sites (tertiary alicyclic amines) is 1. The molecular weight excluding hydrogens is 306 g/mol. The van der Waals surface area contributed by atoms with Gasteiger partial charge in [-0.2, -0.15) is 5.10 Å². The van der Waals surface area contributed by atoms with Gasteiger partial charge in [0, 0.05) is 18.8 Å². The molecule has 128 valence electrons. The van der Waals surface area contributed by atoms with Crippen molar-refractivity contribution in [2.45, 2.75) is 19.4 Å². The monoisotopic (exact) mass is 329 g/mol. The lowest BCUT2D eigenvalue weighted by Gasteiger charge is -2.32. The Bertz CT molecular complexity index is 642. The number of ether oxygens (including phenoxy) is 1. The first kappa shape index (κ1) is 16.4. The highest BCUT2D eigenvalue weighted by Crippen LogP contribution is 2.18. The maximum Gasteiger partial charge on any atom is 0.238 e. The van der Waals surface area contributed by atoms with Crippen LogP contribution in [0.2, 0.25) is 0 Å². The zero-order valence-electron chi connectivity index (χ0n) is 13.9. The number of hydrogen-bond donors (Lipinski definition) is 1. The molecule has 1 fully saturated rings. The summed E-state index contributed by atoms with van der Waals surface area (Å²) >= 11 is 0. The molecule has 1 aliphatic heterocycles. The van der Waals surface area contributed by atoms with E-state index in [1.165, 1.54) is 0 Å². The van der Waals surface area contributed by atoms with Crippen LogP contribution in [0.1, 0.15) is 12.8 Å². The zero-order valence-corrected chi connectivity index (χ0v) is 13.9. The summed E-state index contributed by atoms with van der Waals surface area (Å²) in [6.07, 6.45) is 5.57. The van der Waals surface area contributed by atoms with E-state index in [1.807, 2.05) is 28.9 Å². The van der Waals surface area contributed by atoms with Gasteiger partial charge >= 0.3 is 0 Å².